The highest BCUT2D eigenvalue weighted by Gasteiger charge is 2.21. The van der Waals surface area contributed by atoms with Crippen LogP contribution in [0.25, 0.3) is 6.08 Å². The molecule has 0 aliphatic carbocycles. The van der Waals surface area contributed by atoms with Crippen LogP contribution in [-0.2, 0) is 27.5 Å². The van der Waals surface area contributed by atoms with E-state index >= 15 is 0 Å². The van der Waals surface area contributed by atoms with Crippen molar-refractivity contribution in [3.63, 3.8) is 0 Å². The zero-order valence-electron chi connectivity index (χ0n) is 14.5. The first-order chi connectivity index (χ1) is 13.1. The van der Waals surface area contributed by atoms with E-state index in [0.29, 0.717) is 22.6 Å². The molecule has 27 heavy (non-hydrogen) atoms. The number of hydrogen-bond donors (Lipinski definition) is 0. The Morgan fingerprint density at radius 3 is 2.96 bits per heavy atom. The number of nitro benzene ring substituents is 1. The number of nitro groups is 1. The number of esters is 1. The Bertz CT molecular complexity index is 892. The van der Waals surface area contributed by atoms with Gasteiger partial charge < -0.3 is 18.9 Å². The lowest BCUT2D eigenvalue weighted by Crippen LogP contribution is -2.14. The van der Waals surface area contributed by atoms with Gasteiger partial charge in [0.05, 0.1) is 18.6 Å². The van der Waals surface area contributed by atoms with E-state index in [1.807, 2.05) is 6.07 Å². The van der Waals surface area contributed by atoms with Crippen LogP contribution in [0, 0.1) is 10.1 Å². The Hall–Kier alpha value is -3.39. The monoisotopic (exact) mass is 371 g/mol. The van der Waals surface area contributed by atoms with Gasteiger partial charge in [0.25, 0.3) is 5.69 Å². The molecular weight excluding hydrogens is 354 g/mol. The molecule has 0 fully saturated rings. The lowest BCUT2D eigenvalue weighted by atomic mass is 10.1. The van der Waals surface area contributed by atoms with E-state index in [4.69, 9.17) is 18.9 Å². The van der Waals surface area contributed by atoms with Crippen LogP contribution in [-0.4, -0.2) is 24.8 Å². The fourth-order valence-corrected chi connectivity index (χ4v) is 2.60. The average molecular weight is 371 g/mol. The highest BCUT2D eigenvalue weighted by molar-refractivity contribution is 5.87. The Balaban J connectivity index is 1.70. The summed E-state index contributed by atoms with van der Waals surface area (Å²) < 4.78 is 20.9. The Morgan fingerprint density at radius 2 is 2.19 bits per heavy atom. The van der Waals surface area contributed by atoms with E-state index in [1.165, 1.54) is 18.2 Å². The Labute approximate surface area is 155 Å². The van der Waals surface area contributed by atoms with Gasteiger partial charge in [0.15, 0.2) is 6.79 Å². The van der Waals surface area contributed by atoms with Crippen LogP contribution >= 0.6 is 0 Å². The molecule has 0 unspecified atom stereocenters. The van der Waals surface area contributed by atoms with Gasteiger partial charge >= 0.3 is 5.97 Å². The summed E-state index contributed by atoms with van der Waals surface area (Å²) in [5.74, 6) is 0.551. The van der Waals surface area contributed by atoms with E-state index in [-0.39, 0.29) is 25.7 Å². The van der Waals surface area contributed by atoms with Crippen molar-refractivity contribution in [1.29, 1.82) is 0 Å². The molecule has 0 atom stereocenters. The van der Waals surface area contributed by atoms with Gasteiger partial charge in [-0.15, -0.1) is 0 Å². The molecule has 1 heterocycles. The van der Waals surface area contributed by atoms with Crippen LogP contribution in [0.15, 0.2) is 42.5 Å². The van der Waals surface area contributed by atoms with Crippen LogP contribution in [0.3, 0.4) is 0 Å². The molecule has 3 rings (SSSR count). The lowest BCUT2D eigenvalue weighted by Gasteiger charge is -2.20. The van der Waals surface area contributed by atoms with Crippen LogP contribution in [0.1, 0.15) is 16.7 Å². The minimum atomic E-state index is -0.579. The maximum atomic E-state index is 12.0. The molecule has 0 saturated heterocycles. The van der Waals surface area contributed by atoms with E-state index in [2.05, 4.69) is 0 Å². The normalized spacial score (nSPS) is 12.9. The Kier molecular flexibility index (Phi) is 5.68. The third-order valence-corrected chi connectivity index (χ3v) is 3.86. The lowest BCUT2D eigenvalue weighted by molar-refractivity contribution is -0.385. The van der Waals surface area contributed by atoms with Crippen molar-refractivity contribution in [2.75, 3.05) is 13.9 Å². The first-order valence-corrected chi connectivity index (χ1v) is 8.06. The van der Waals surface area contributed by atoms with Gasteiger partial charge in [-0.05, 0) is 23.8 Å². The molecule has 0 amide bonds. The summed E-state index contributed by atoms with van der Waals surface area (Å²) in [5.41, 5.74) is 1.64. The van der Waals surface area contributed by atoms with Crippen molar-refractivity contribution in [3.8, 4) is 11.5 Å². The molecule has 0 bridgehead atoms. The van der Waals surface area contributed by atoms with E-state index in [1.54, 1.807) is 31.4 Å². The third kappa shape index (κ3) is 4.62. The van der Waals surface area contributed by atoms with Crippen molar-refractivity contribution in [1.82, 2.24) is 0 Å². The molecule has 2 aromatic rings. The summed E-state index contributed by atoms with van der Waals surface area (Å²) in [5, 5.41) is 11.1. The summed E-state index contributed by atoms with van der Waals surface area (Å²) >= 11 is 0. The average Bonchev–Trinajstić information content (AvgIpc) is 2.70. The predicted octanol–water partition coefficient (Wildman–Crippen LogP) is 3.23. The molecule has 1 aliphatic heterocycles. The fourth-order valence-electron chi connectivity index (χ4n) is 2.60. The second-order valence-electron chi connectivity index (χ2n) is 5.68. The molecule has 140 valence electrons. The maximum absolute atomic E-state index is 12.0. The Morgan fingerprint density at radius 1 is 1.33 bits per heavy atom. The number of ether oxygens (including phenoxy) is 4. The third-order valence-electron chi connectivity index (χ3n) is 3.86. The van der Waals surface area contributed by atoms with Crippen LogP contribution < -0.4 is 9.47 Å². The largest absolute Gasteiger partial charge is 0.497 e. The zero-order valence-corrected chi connectivity index (χ0v) is 14.5. The molecule has 0 N–H and O–H groups in total. The molecule has 8 nitrogen and oxygen atoms in total. The van der Waals surface area contributed by atoms with E-state index in [0.717, 1.165) is 5.56 Å². The van der Waals surface area contributed by atoms with Gasteiger partial charge in [-0.3, -0.25) is 10.1 Å². The second kappa shape index (κ2) is 8.33. The standard InChI is InChI=1S/C19H17NO7/c1-24-17-4-2-3-13(7-17)5-6-18(21)26-11-15-9-16(20(22)23)8-14-10-25-12-27-19(14)15/h2-9H,10-12H2,1H3. The van der Waals surface area contributed by atoms with Gasteiger partial charge in [-0.25, -0.2) is 4.79 Å². The number of methoxy groups -OCH3 is 1. The van der Waals surface area contributed by atoms with Crippen molar-refractivity contribution >= 4 is 17.7 Å². The number of rotatable bonds is 6. The zero-order chi connectivity index (χ0) is 19.2. The first kappa shape index (κ1) is 18.4. The highest BCUT2D eigenvalue weighted by atomic mass is 16.7. The SMILES string of the molecule is COc1cccc(C=CC(=O)OCc2cc([N+](=O)[O-])cc3c2OCOC3)c1. The van der Waals surface area contributed by atoms with Crippen LogP contribution in [0.4, 0.5) is 5.69 Å². The van der Waals surface area contributed by atoms with Crippen LogP contribution in [0.5, 0.6) is 11.5 Å². The summed E-state index contributed by atoms with van der Waals surface area (Å²) in [6, 6.07) is 9.92. The summed E-state index contributed by atoms with van der Waals surface area (Å²) in [7, 11) is 1.56. The molecule has 2 aromatic carbocycles. The van der Waals surface area contributed by atoms with Crippen molar-refractivity contribution in [2.24, 2.45) is 0 Å². The minimum absolute atomic E-state index is 0.0432. The topological polar surface area (TPSA) is 97.1 Å². The number of carbonyl (C=O) groups is 1. The van der Waals surface area contributed by atoms with Crippen molar-refractivity contribution in [2.45, 2.75) is 13.2 Å². The summed E-state index contributed by atoms with van der Waals surface area (Å²) in [4.78, 5) is 22.6. The van der Waals surface area contributed by atoms with Gasteiger partial charge in [0.2, 0.25) is 0 Å². The smallest absolute Gasteiger partial charge is 0.331 e. The summed E-state index contributed by atoms with van der Waals surface area (Å²) in [6.45, 7) is 0.0977. The number of non-ortho nitro benzene ring substituents is 1. The first-order valence-electron chi connectivity index (χ1n) is 8.06. The molecule has 0 aromatic heterocycles. The van der Waals surface area contributed by atoms with Gasteiger partial charge in [-0.1, -0.05) is 12.1 Å². The fraction of sp³-hybridized carbons (Fsp3) is 0.211. The molecule has 0 saturated carbocycles. The van der Waals surface area contributed by atoms with Crippen LogP contribution in [0.2, 0.25) is 0 Å². The molecule has 0 spiro atoms. The van der Waals surface area contributed by atoms with Crippen molar-refractivity contribution in [3.05, 3.63) is 69.3 Å². The van der Waals surface area contributed by atoms with Crippen molar-refractivity contribution < 1.29 is 28.7 Å². The minimum Gasteiger partial charge on any atom is -0.497 e. The van der Waals surface area contributed by atoms with Gasteiger partial charge in [0, 0.05) is 29.3 Å². The van der Waals surface area contributed by atoms with Gasteiger partial charge in [0.1, 0.15) is 18.1 Å². The number of hydrogen-bond acceptors (Lipinski definition) is 7. The quantitative estimate of drug-likeness (QED) is 0.333. The highest BCUT2D eigenvalue weighted by Crippen LogP contribution is 2.33. The van der Waals surface area contributed by atoms with E-state index < -0.39 is 10.9 Å². The molecule has 1 aliphatic rings. The number of nitrogens with zero attached hydrogens (tertiary/aromatic N) is 1. The summed E-state index contributed by atoms with van der Waals surface area (Å²) in [6.07, 6.45) is 2.88. The second-order valence-corrected chi connectivity index (χ2v) is 5.68. The van der Waals surface area contributed by atoms with Gasteiger partial charge in [-0.2, -0.15) is 0 Å². The number of fused-ring (bicyclic) bond motifs is 1. The number of benzene rings is 2. The molecule has 8 heteroatoms. The predicted molar refractivity (Wildman–Crippen MR) is 95.2 cm³/mol. The van der Waals surface area contributed by atoms with E-state index in [9.17, 15) is 14.9 Å². The number of carbonyl (C=O) groups excluding carboxylic acids is 1. The maximum Gasteiger partial charge on any atom is 0.331 e. The molecular formula is C19H17NO7. The molecule has 0 radical (unpaired) electrons.